The molecule has 0 saturated heterocycles. The highest BCUT2D eigenvalue weighted by Crippen LogP contribution is 2.52. The fraction of sp³-hybridized carbons (Fsp3) is 0. The summed E-state index contributed by atoms with van der Waals surface area (Å²) in [6.45, 7) is 0. The summed E-state index contributed by atoms with van der Waals surface area (Å²) >= 11 is 0. The first kappa shape index (κ1) is 9.69. The molecule has 10 heteroatoms. The second-order valence-corrected chi connectivity index (χ2v) is 7.01. The minimum atomic E-state index is -3.51. The van der Waals surface area contributed by atoms with Gasteiger partial charge in [0.25, 0.3) is 9.62 Å². The summed E-state index contributed by atoms with van der Waals surface area (Å²) in [7, 11) is -4.65. The van der Waals surface area contributed by atoms with Gasteiger partial charge in [0.2, 0.25) is 10.0 Å². The topological polar surface area (TPSA) is 117 Å². The van der Waals surface area contributed by atoms with E-state index in [1.807, 2.05) is 5.41 Å². The molecule has 1 aromatic rings. The van der Waals surface area contributed by atoms with Gasteiger partial charge in [-0.1, -0.05) is 5.21 Å². The zero-order valence-corrected chi connectivity index (χ0v) is 9.44. The molecule has 3 N–H and O–H groups in total. The first-order valence-corrected chi connectivity index (χ1v) is 7.33. The molecule has 84 valence electrons. The van der Waals surface area contributed by atoms with Crippen LogP contribution in [0.3, 0.4) is 0 Å². The smallest absolute Gasteiger partial charge is 0.266 e. The van der Waals surface area contributed by atoms with Crippen LogP contribution >= 0.6 is 0 Å². The average Bonchev–Trinajstić information content (AvgIpc) is 2.86. The molecular weight excluding hydrogens is 252 g/mol. The van der Waals surface area contributed by atoms with Crippen LogP contribution in [0, 0.1) is 0 Å². The monoisotopic (exact) mass is 259 g/mol. The van der Waals surface area contributed by atoms with E-state index >= 15 is 0 Å². The van der Waals surface area contributed by atoms with E-state index in [-0.39, 0.29) is 4.91 Å². The zero-order valence-electron chi connectivity index (χ0n) is 7.81. The van der Waals surface area contributed by atoms with Crippen LogP contribution in [0.4, 0.5) is 0 Å². The van der Waals surface area contributed by atoms with Crippen molar-refractivity contribution in [2.45, 2.75) is 0 Å². The fourth-order valence-corrected chi connectivity index (χ4v) is 4.97. The summed E-state index contributed by atoms with van der Waals surface area (Å²) in [6.07, 6.45) is 4.78. The summed E-state index contributed by atoms with van der Waals surface area (Å²) in [6, 6.07) is 0. The van der Waals surface area contributed by atoms with Crippen LogP contribution in [0.5, 0.6) is 0 Å². The fourth-order valence-electron chi connectivity index (χ4n) is 1.33. The molecule has 0 radical (unpaired) electrons. The number of aromatic amines is 1. The van der Waals surface area contributed by atoms with Crippen molar-refractivity contribution in [3.8, 4) is 0 Å². The third-order valence-electron chi connectivity index (χ3n) is 2.12. The van der Waals surface area contributed by atoms with Gasteiger partial charge >= 0.3 is 5.03 Å². The van der Waals surface area contributed by atoms with Crippen molar-refractivity contribution in [3.05, 3.63) is 33.8 Å². The first-order chi connectivity index (χ1) is 7.56. The molecular formula is C6H7N6O2S2+. The van der Waals surface area contributed by atoms with Crippen LogP contribution in [0.1, 0.15) is 0 Å². The largest absolute Gasteiger partial charge is 0.371 e. The van der Waals surface area contributed by atoms with Gasteiger partial charge in [-0.05, 0) is 6.08 Å². The van der Waals surface area contributed by atoms with Crippen molar-refractivity contribution in [2.75, 3.05) is 0 Å². The van der Waals surface area contributed by atoms with E-state index < -0.39 is 19.6 Å². The number of hydrogen-bond acceptors (Lipinski definition) is 5. The summed E-state index contributed by atoms with van der Waals surface area (Å²) in [5.74, 6) is 0. The van der Waals surface area contributed by atoms with E-state index in [2.05, 4.69) is 19.9 Å². The van der Waals surface area contributed by atoms with E-state index in [4.69, 9.17) is 5.14 Å². The van der Waals surface area contributed by atoms with Crippen LogP contribution in [0.25, 0.3) is 0 Å². The van der Waals surface area contributed by atoms with Gasteiger partial charge in [0, 0.05) is 10.3 Å². The van der Waals surface area contributed by atoms with Gasteiger partial charge in [0.05, 0.1) is 11.6 Å². The number of primary sulfonamides is 1. The lowest BCUT2D eigenvalue weighted by molar-refractivity contribution is -0.369. The van der Waals surface area contributed by atoms with Crippen LogP contribution in [-0.2, 0) is 19.6 Å². The van der Waals surface area contributed by atoms with Crippen LogP contribution in [0.15, 0.2) is 38.3 Å². The summed E-state index contributed by atoms with van der Waals surface area (Å²) in [5.41, 5.74) is 0. The van der Waals surface area contributed by atoms with E-state index in [0.717, 1.165) is 5.03 Å². The predicted molar refractivity (Wildman–Crippen MR) is 55.7 cm³/mol. The van der Waals surface area contributed by atoms with Crippen LogP contribution in [0.2, 0.25) is 0 Å². The number of allylic oxidation sites excluding steroid dienone is 1. The molecule has 3 aliphatic heterocycles. The minimum absolute atomic E-state index is 0.252. The van der Waals surface area contributed by atoms with Gasteiger partial charge < -0.3 is 0 Å². The van der Waals surface area contributed by atoms with Crippen molar-refractivity contribution < 1.29 is 12.5 Å². The predicted octanol–water partition coefficient (Wildman–Crippen LogP) is -0.748. The van der Waals surface area contributed by atoms with Crippen molar-refractivity contribution in [1.29, 1.82) is 0 Å². The molecule has 8 nitrogen and oxygen atoms in total. The number of hydrogen-bond donors (Lipinski definition) is 2. The normalized spacial score (nSPS) is 27.7. The third-order valence-corrected chi connectivity index (χ3v) is 5.56. The van der Waals surface area contributed by atoms with E-state index in [9.17, 15) is 8.42 Å². The van der Waals surface area contributed by atoms with Crippen molar-refractivity contribution >= 4 is 19.6 Å². The number of aromatic nitrogens is 3. The Bertz CT molecular complexity index is 728. The van der Waals surface area contributed by atoms with Crippen molar-refractivity contribution in [2.24, 2.45) is 9.61 Å². The molecule has 1 aromatic heterocycles. The highest BCUT2D eigenvalue weighted by molar-refractivity contribution is 8.07. The maximum Gasteiger partial charge on any atom is 0.371 e. The molecule has 0 amide bonds. The Hall–Kier alpha value is -1.52. The van der Waals surface area contributed by atoms with Gasteiger partial charge in [0.1, 0.15) is 4.47 Å². The number of sulfonamides is 1. The van der Waals surface area contributed by atoms with E-state index in [0.29, 0.717) is 0 Å². The van der Waals surface area contributed by atoms with Gasteiger partial charge in [-0.2, -0.15) is 0 Å². The highest BCUT2D eigenvalue weighted by atomic mass is 32.2. The van der Waals surface area contributed by atoms with E-state index in [1.165, 1.54) is 0 Å². The number of nitrogens with zero attached hydrogens (tertiary/aromatic N) is 4. The Kier molecular flexibility index (Phi) is 1.68. The second kappa shape index (κ2) is 2.78. The first-order valence-electron chi connectivity index (χ1n) is 4.18. The summed E-state index contributed by atoms with van der Waals surface area (Å²) < 4.78 is 27.4. The standard InChI is InChI=1S/C4H4N3O2S2.C2H3N3/c5-11(8,9)3-1-2-10-4(3)7(10)6-10;1-2-4-5-3-1/h1-2H,(H2,5,8,9);1-2H,(H,3,4,5)/q+1;. The quantitative estimate of drug-likeness (QED) is 0.645. The molecule has 4 heterocycles. The second-order valence-electron chi connectivity index (χ2n) is 3.12. The summed E-state index contributed by atoms with van der Waals surface area (Å²) in [4.78, 5) is 0.252. The Labute approximate surface area is 91.3 Å². The van der Waals surface area contributed by atoms with Gasteiger partial charge in [0.15, 0.2) is 4.91 Å². The zero-order chi connectivity index (χ0) is 11.4. The molecule has 0 aliphatic carbocycles. The molecule has 1 atom stereocenters. The molecule has 1 spiro atoms. The lowest BCUT2D eigenvalue weighted by atomic mass is 10.6. The Morgan fingerprint density at radius 2 is 2.31 bits per heavy atom. The Morgan fingerprint density at radius 3 is 2.56 bits per heavy atom. The maximum absolute atomic E-state index is 10.8. The Balaban J connectivity index is 0.000000137. The van der Waals surface area contributed by atoms with E-state index in [1.54, 1.807) is 22.5 Å². The Morgan fingerprint density at radius 1 is 1.50 bits per heavy atom. The molecule has 4 rings (SSSR count). The molecule has 0 bridgehead atoms. The number of nitrogens with one attached hydrogen (secondary N) is 1. The number of nitrogens with two attached hydrogens (primary N) is 1. The maximum atomic E-state index is 10.8. The molecule has 1 unspecified atom stereocenters. The molecule has 0 aromatic carbocycles. The minimum Gasteiger partial charge on any atom is -0.266 e. The average molecular weight is 259 g/mol. The molecule has 0 saturated carbocycles. The van der Waals surface area contributed by atoms with Gasteiger partial charge in [-0.3, -0.25) is 5.10 Å². The number of rotatable bonds is 1. The third kappa shape index (κ3) is 1.24. The van der Waals surface area contributed by atoms with Gasteiger partial charge in [-0.25, -0.2) is 13.6 Å². The lowest BCUT2D eigenvalue weighted by Gasteiger charge is -1.88. The SMILES string of the molecule is NS(=O)(=O)C1=C2[N+]3=S2(=N3)C=C1.c1c[nH]nn1. The van der Waals surface area contributed by atoms with Crippen LogP contribution < -0.4 is 5.14 Å². The van der Waals surface area contributed by atoms with Crippen molar-refractivity contribution in [3.63, 3.8) is 0 Å². The van der Waals surface area contributed by atoms with Crippen LogP contribution in [-0.4, -0.2) is 27.9 Å². The lowest BCUT2D eigenvalue weighted by Crippen LogP contribution is -2.14. The molecule has 0 fully saturated rings. The number of H-pyrrole nitrogens is 1. The molecule has 3 aliphatic rings. The molecule has 16 heavy (non-hydrogen) atoms. The van der Waals surface area contributed by atoms with Crippen molar-refractivity contribution in [1.82, 2.24) is 15.4 Å². The highest BCUT2D eigenvalue weighted by Gasteiger charge is 2.70. The summed E-state index contributed by atoms with van der Waals surface area (Å²) in [5, 5.41) is 16.9. The van der Waals surface area contributed by atoms with Gasteiger partial charge in [-0.15, -0.1) is 5.10 Å². The number of fused-ring (bicyclic) bond motifs is 1.